The summed E-state index contributed by atoms with van der Waals surface area (Å²) >= 11 is 0. The molecule has 2 saturated heterocycles. The third-order valence-electron chi connectivity index (χ3n) is 13.6. The number of carbonyl (C=O) groups excluding carboxylic acids is 1. The average Bonchev–Trinajstić information content (AvgIpc) is 3.41. The first-order chi connectivity index (χ1) is 36.6. The lowest BCUT2D eigenvalue weighted by molar-refractivity contribution is -0.359. The van der Waals surface area contributed by atoms with Crippen LogP contribution in [0.5, 0.6) is 0 Å². The second-order valence-electron chi connectivity index (χ2n) is 20.0. The van der Waals surface area contributed by atoms with E-state index in [0.29, 0.717) is 12.8 Å². The number of nitrogens with one attached hydrogen (secondary N) is 1. The molecule has 12 unspecified atom stereocenters. The van der Waals surface area contributed by atoms with Gasteiger partial charge in [0, 0.05) is 6.42 Å². The van der Waals surface area contributed by atoms with Crippen LogP contribution in [0.1, 0.15) is 187 Å². The molecule has 2 aliphatic heterocycles. The molecule has 430 valence electrons. The molecule has 0 spiro atoms. The number of aliphatic hydroxyl groups is 8. The van der Waals surface area contributed by atoms with Gasteiger partial charge in [0.15, 0.2) is 12.6 Å². The topological polar surface area (TPSA) is 228 Å². The summed E-state index contributed by atoms with van der Waals surface area (Å²) in [6, 6.07) is -0.848. The Hall–Kier alpha value is -3.09. The molecule has 14 heteroatoms. The molecule has 14 nitrogen and oxygen atoms in total. The Bertz CT molecular complexity index is 1620. The fraction of sp³-hybridized carbons (Fsp3) is 0.721. The molecule has 2 aliphatic rings. The minimum absolute atomic E-state index is 0.237. The fourth-order valence-electron chi connectivity index (χ4n) is 8.90. The lowest BCUT2D eigenvalue weighted by Gasteiger charge is -2.46. The number of hydrogen-bond donors (Lipinski definition) is 9. The molecule has 2 rings (SSSR count). The molecule has 0 bridgehead atoms. The molecule has 0 aromatic rings. The van der Waals surface area contributed by atoms with E-state index in [4.69, 9.17) is 18.9 Å². The Kier molecular flexibility index (Phi) is 41.6. The zero-order chi connectivity index (χ0) is 54.6. The van der Waals surface area contributed by atoms with Crippen molar-refractivity contribution in [3.63, 3.8) is 0 Å². The van der Waals surface area contributed by atoms with Gasteiger partial charge < -0.3 is 65.1 Å². The van der Waals surface area contributed by atoms with Gasteiger partial charge in [-0.2, -0.15) is 0 Å². The second kappa shape index (κ2) is 45.9. The van der Waals surface area contributed by atoms with Gasteiger partial charge >= 0.3 is 0 Å². The number of carbonyl (C=O) groups is 1. The SMILES string of the molecule is CC/C=C\C/C=C\C/C=C\C/C=C\C/C=C\C/C=C\C/C=C\C/C=C\CCCCCCC(=O)NC(COC1OC(CO)C(OC2OC(CO)C(O)C(O)C2O)C(O)C1O)C(O)CCCCCCCCCCCCCC. The van der Waals surface area contributed by atoms with Crippen molar-refractivity contribution in [3.8, 4) is 0 Å². The number of hydrogen-bond acceptors (Lipinski definition) is 13. The van der Waals surface area contributed by atoms with Crippen LogP contribution in [-0.2, 0) is 23.7 Å². The number of ether oxygens (including phenoxy) is 4. The zero-order valence-corrected chi connectivity index (χ0v) is 46.0. The van der Waals surface area contributed by atoms with Crippen LogP contribution in [-0.4, -0.2) is 140 Å². The van der Waals surface area contributed by atoms with E-state index in [-0.39, 0.29) is 18.9 Å². The first-order valence-corrected chi connectivity index (χ1v) is 29.0. The highest BCUT2D eigenvalue weighted by molar-refractivity contribution is 5.76. The number of amides is 1. The van der Waals surface area contributed by atoms with Gasteiger partial charge in [-0.1, -0.05) is 201 Å². The summed E-state index contributed by atoms with van der Waals surface area (Å²) in [6.07, 6.45) is 45.5. The van der Waals surface area contributed by atoms with E-state index in [9.17, 15) is 45.6 Å². The van der Waals surface area contributed by atoms with Crippen molar-refractivity contribution in [2.75, 3.05) is 19.8 Å². The highest BCUT2D eigenvalue weighted by Crippen LogP contribution is 2.30. The normalized spacial score (nSPS) is 25.8. The van der Waals surface area contributed by atoms with E-state index in [0.717, 1.165) is 103 Å². The molecule has 0 aromatic heterocycles. The van der Waals surface area contributed by atoms with E-state index in [1.165, 1.54) is 51.4 Å². The summed E-state index contributed by atoms with van der Waals surface area (Å²) < 4.78 is 22.8. The van der Waals surface area contributed by atoms with Gasteiger partial charge in [0.2, 0.25) is 5.91 Å². The van der Waals surface area contributed by atoms with Crippen LogP contribution in [0, 0.1) is 0 Å². The number of rotatable bonds is 44. The predicted octanol–water partition coefficient (Wildman–Crippen LogP) is 9.49. The van der Waals surface area contributed by atoms with Crippen molar-refractivity contribution < 1.29 is 64.6 Å². The summed E-state index contributed by atoms with van der Waals surface area (Å²) in [4.78, 5) is 13.2. The van der Waals surface area contributed by atoms with Gasteiger partial charge in [-0.15, -0.1) is 0 Å². The lowest BCUT2D eigenvalue weighted by Crippen LogP contribution is -2.65. The van der Waals surface area contributed by atoms with E-state index in [2.05, 4.69) is 116 Å². The van der Waals surface area contributed by atoms with Crippen molar-refractivity contribution in [2.45, 2.75) is 261 Å². The van der Waals surface area contributed by atoms with Gasteiger partial charge in [0.25, 0.3) is 0 Å². The number of allylic oxidation sites excluding steroid dienone is 16. The van der Waals surface area contributed by atoms with Gasteiger partial charge in [-0.25, -0.2) is 0 Å². The quantitative estimate of drug-likeness (QED) is 0.0205. The van der Waals surface area contributed by atoms with Gasteiger partial charge in [0.1, 0.15) is 48.8 Å². The Morgan fingerprint density at radius 1 is 0.493 bits per heavy atom. The highest BCUT2D eigenvalue weighted by atomic mass is 16.7. The first kappa shape index (κ1) is 68.0. The molecule has 0 aromatic carbocycles. The molecule has 1 amide bonds. The van der Waals surface area contributed by atoms with Crippen molar-refractivity contribution >= 4 is 5.91 Å². The van der Waals surface area contributed by atoms with Crippen molar-refractivity contribution in [2.24, 2.45) is 0 Å². The minimum Gasteiger partial charge on any atom is -0.394 e. The molecular formula is C61H103NO13. The maximum absolute atomic E-state index is 13.2. The second-order valence-corrected chi connectivity index (χ2v) is 20.0. The summed E-state index contributed by atoms with van der Waals surface area (Å²) in [6.45, 7) is 2.70. The lowest BCUT2D eigenvalue weighted by atomic mass is 9.97. The first-order valence-electron chi connectivity index (χ1n) is 29.0. The molecule has 75 heavy (non-hydrogen) atoms. The van der Waals surface area contributed by atoms with E-state index in [1.807, 2.05) is 0 Å². The maximum atomic E-state index is 13.2. The van der Waals surface area contributed by atoms with Gasteiger partial charge in [-0.3, -0.25) is 4.79 Å². The molecule has 9 N–H and O–H groups in total. The molecule has 0 saturated carbocycles. The highest BCUT2D eigenvalue weighted by Gasteiger charge is 2.51. The van der Waals surface area contributed by atoms with Crippen molar-refractivity contribution in [3.05, 3.63) is 97.2 Å². The Labute approximate surface area is 452 Å². The molecule has 0 aliphatic carbocycles. The van der Waals surface area contributed by atoms with E-state index < -0.39 is 86.8 Å². The summed E-state index contributed by atoms with van der Waals surface area (Å²) in [5.41, 5.74) is 0. The molecule has 12 atom stereocenters. The smallest absolute Gasteiger partial charge is 0.220 e. The third-order valence-corrected chi connectivity index (χ3v) is 13.6. The van der Waals surface area contributed by atoms with Gasteiger partial charge in [0.05, 0.1) is 32.0 Å². The minimum atomic E-state index is -1.79. The monoisotopic (exact) mass is 1060 g/mol. The van der Waals surface area contributed by atoms with Crippen molar-refractivity contribution in [1.29, 1.82) is 0 Å². The van der Waals surface area contributed by atoms with Crippen molar-refractivity contribution in [1.82, 2.24) is 5.32 Å². The molecule has 2 heterocycles. The molecular weight excluding hydrogens is 955 g/mol. The summed E-state index contributed by atoms with van der Waals surface area (Å²) in [5, 5.41) is 87.1. The number of aliphatic hydroxyl groups excluding tert-OH is 8. The third kappa shape index (κ3) is 31.8. The van der Waals surface area contributed by atoms with Crippen LogP contribution in [0.2, 0.25) is 0 Å². The van der Waals surface area contributed by atoms with Crippen LogP contribution in [0.4, 0.5) is 0 Å². The van der Waals surface area contributed by atoms with Crippen LogP contribution in [0.15, 0.2) is 97.2 Å². The van der Waals surface area contributed by atoms with Crippen LogP contribution in [0.25, 0.3) is 0 Å². The van der Waals surface area contributed by atoms with E-state index in [1.54, 1.807) is 0 Å². The Morgan fingerprint density at radius 2 is 0.920 bits per heavy atom. The Balaban J connectivity index is 1.74. The number of unbranched alkanes of at least 4 members (excludes halogenated alkanes) is 15. The zero-order valence-electron chi connectivity index (χ0n) is 46.0. The van der Waals surface area contributed by atoms with E-state index >= 15 is 0 Å². The van der Waals surface area contributed by atoms with Crippen LogP contribution < -0.4 is 5.32 Å². The largest absolute Gasteiger partial charge is 0.394 e. The molecule has 0 radical (unpaired) electrons. The summed E-state index contributed by atoms with van der Waals surface area (Å²) in [5.74, 6) is -0.237. The Morgan fingerprint density at radius 3 is 1.41 bits per heavy atom. The average molecular weight is 1060 g/mol. The van der Waals surface area contributed by atoms with Gasteiger partial charge in [-0.05, 0) is 77.0 Å². The maximum Gasteiger partial charge on any atom is 0.220 e. The molecule has 2 fully saturated rings. The van der Waals surface area contributed by atoms with Crippen LogP contribution >= 0.6 is 0 Å². The fourth-order valence-corrected chi connectivity index (χ4v) is 8.90. The predicted molar refractivity (Wildman–Crippen MR) is 299 cm³/mol. The van der Waals surface area contributed by atoms with Crippen LogP contribution in [0.3, 0.4) is 0 Å². The summed E-state index contributed by atoms with van der Waals surface area (Å²) in [7, 11) is 0. The standard InChI is InChI=1S/C61H103NO13/c1-3-5-7-9-11-13-15-17-18-19-20-21-22-23-24-25-26-27-28-29-30-31-32-33-35-37-39-41-43-45-53(66)62-49(50(65)44-42-40-38-36-34-16-14-12-10-8-6-4-2)48-72-60-58(71)56(69)59(52(47-64)74-60)75-61-57(70)55(68)54(67)51(46-63)73-61/h5,7,11,13,17-18,20-21,23-24,26-27,29-30,32-33,49-52,54-61,63-65,67-71H,3-4,6,8-10,12,14-16,19,22,25,28,31,34-48H2,1-2H3,(H,62,66)/b7-5-,13-11-,18-17-,21-20-,24-23-,27-26-,30-29-,33-32-.